The first kappa shape index (κ1) is 15.7. The summed E-state index contributed by atoms with van der Waals surface area (Å²) in [6, 6.07) is 10.3. The van der Waals surface area contributed by atoms with Crippen LogP contribution in [0.2, 0.25) is 0 Å². The highest BCUT2D eigenvalue weighted by Gasteiger charge is 2.29. The number of amides is 2. The number of carbonyl (C=O) groups excluding carboxylic acids is 2. The molecule has 2 atom stereocenters. The Hall–Kier alpha value is -1.68. The Kier molecular flexibility index (Phi) is 4.78. The maximum Gasteiger partial charge on any atom is 0.243 e. The Morgan fingerprint density at radius 2 is 1.95 bits per heavy atom. The Morgan fingerprint density at radius 3 is 2.57 bits per heavy atom. The van der Waals surface area contributed by atoms with Crippen LogP contribution in [0.4, 0.5) is 0 Å². The fourth-order valence-corrected chi connectivity index (χ4v) is 3.03. The standard InChI is InChI=1S/C17H24N2O2/c1-12(18-14-9-10-15(20)19-16(14)21)11-17(2,3)13-7-5-4-6-8-13/h4-8,12,14,18H,9-11H2,1-3H3,(H,19,20,21). The predicted octanol–water partition coefficient (Wildman–Crippen LogP) is 2.14. The van der Waals surface area contributed by atoms with Crippen LogP contribution >= 0.6 is 0 Å². The van der Waals surface area contributed by atoms with E-state index in [1.165, 1.54) is 5.56 Å². The largest absolute Gasteiger partial charge is 0.303 e. The zero-order valence-corrected chi connectivity index (χ0v) is 13.0. The third kappa shape index (κ3) is 4.14. The molecule has 2 amide bonds. The molecule has 4 nitrogen and oxygen atoms in total. The van der Waals surface area contributed by atoms with E-state index in [0.29, 0.717) is 12.8 Å². The van der Waals surface area contributed by atoms with E-state index in [2.05, 4.69) is 55.7 Å². The fraction of sp³-hybridized carbons (Fsp3) is 0.529. The van der Waals surface area contributed by atoms with Gasteiger partial charge in [-0.05, 0) is 30.7 Å². The molecular formula is C17H24N2O2. The molecular weight excluding hydrogens is 264 g/mol. The van der Waals surface area contributed by atoms with Crippen molar-refractivity contribution in [1.82, 2.24) is 10.6 Å². The van der Waals surface area contributed by atoms with Crippen LogP contribution in [0.1, 0.15) is 45.6 Å². The molecule has 0 aliphatic carbocycles. The van der Waals surface area contributed by atoms with Gasteiger partial charge in [0.2, 0.25) is 11.8 Å². The van der Waals surface area contributed by atoms with Gasteiger partial charge in [0.15, 0.2) is 0 Å². The van der Waals surface area contributed by atoms with E-state index in [9.17, 15) is 9.59 Å². The third-order valence-corrected chi connectivity index (χ3v) is 4.10. The molecule has 1 aliphatic heterocycles. The van der Waals surface area contributed by atoms with E-state index in [0.717, 1.165) is 6.42 Å². The zero-order chi connectivity index (χ0) is 15.5. The molecule has 2 unspecified atom stereocenters. The van der Waals surface area contributed by atoms with Crippen LogP contribution in [0.5, 0.6) is 0 Å². The van der Waals surface area contributed by atoms with Gasteiger partial charge in [-0.25, -0.2) is 0 Å². The van der Waals surface area contributed by atoms with Crippen molar-refractivity contribution >= 4 is 11.8 Å². The van der Waals surface area contributed by atoms with Crippen molar-refractivity contribution in [2.45, 2.75) is 57.5 Å². The maximum atomic E-state index is 11.8. The van der Waals surface area contributed by atoms with Gasteiger partial charge in [0.25, 0.3) is 0 Å². The molecule has 1 aromatic rings. The number of hydrogen-bond donors (Lipinski definition) is 2. The highest BCUT2D eigenvalue weighted by Crippen LogP contribution is 2.28. The molecule has 1 aromatic carbocycles. The SMILES string of the molecule is CC(CC(C)(C)c1ccccc1)NC1CCC(=O)NC1=O. The number of piperidine rings is 1. The summed E-state index contributed by atoms with van der Waals surface area (Å²) in [6.45, 7) is 6.52. The lowest BCUT2D eigenvalue weighted by molar-refractivity contribution is -0.134. The number of carbonyl (C=O) groups is 2. The number of hydrogen-bond acceptors (Lipinski definition) is 3. The number of benzene rings is 1. The fourth-order valence-electron chi connectivity index (χ4n) is 3.03. The number of nitrogens with one attached hydrogen (secondary N) is 2. The van der Waals surface area contributed by atoms with Crippen LogP contribution in [-0.2, 0) is 15.0 Å². The smallest absolute Gasteiger partial charge is 0.243 e. The zero-order valence-electron chi connectivity index (χ0n) is 13.0. The van der Waals surface area contributed by atoms with Gasteiger partial charge in [0, 0.05) is 12.5 Å². The summed E-state index contributed by atoms with van der Waals surface area (Å²) in [4.78, 5) is 22.9. The van der Waals surface area contributed by atoms with Crippen LogP contribution in [0, 0.1) is 0 Å². The van der Waals surface area contributed by atoms with Crippen molar-refractivity contribution in [2.75, 3.05) is 0 Å². The topological polar surface area (TPSA) is 58.2 Å². The van der Waals surface area contributed by atoms with Crippen LogP contribution in [0.25, 0.3) is 0 Å². The second kappa shape index (κ2) is 6.39. The molecule has 1 saturated heterocycles. The average molecular weight is 288 g/mol. The van der Waals surface area contributed by atoms with E-state index in [-0.39, 0.29) is 29.3 Å². The van der Waals surface area contributed by atoms with E-state index in [1.54, 1.807) is 0 Å². The van der Waals surface area contributed by atoms with Gasteiger partial charge in [-0.15, -0.1) is 0 Å². The predicted molar refractivity (Wildman–Crippen MR) is 82.9 cm³/mol. The summed E-state index contributed by atoms with van der Waals surface area (Å²) in [5, 5.41) is 5.74. The molecule has 4 heteroatoms. The Labute approximate surface area is 126 Å². The van der Waals surface area contributed by atoms with E-state index in [1.807, 2.05) is 6.07 Å². The van der Waals surface area contributed by atoms with E-state index >= 15 is 0 Å². The molecule has 114 valence electrons. The lowest BCUT2D eigenvalue weighted by atomic mass is 9.79. The summed E-state index contributed by atoms with van der Waals surface area (Å²) >= 11 is 0. The summed E-state index contributed by atoms with van der Waals surface area (Å²) in [5.74, 6) is -0.370. The summed E-state index contributed by atoms with van der Waals surface area (Å²) in [5.41, 5.74) is 1.33. The maximum absolute atomic E-state index is 11.8. The molecule has 0 spiro atoms. The van der Waals surface area contributed by atoms with Crippen molar-refractivity contribution in [1.29, 1.82) is 0 Å². The lowest BCUT2D eigenvalue weighted by Gasteiger charge is -2.32. The molecule has 0 aromatic heterocycles. The van der Waals surface area contributed by atoms with Crippen LogP contribution < -0.4 is 10.6 Å². The Morgan fingerprint density at radius 1 is 1.29 bits per heavy atom. The minimum Gasteiger partial charge on any atom is -0.303 e. The van der Waals surface area contributed by atoms with Crippen molar-refractivity contribution in [3.05, 3.63) is 35.9 Å². The molecule has 0 bridgehead atoms. The second-order valence-electron chi connectivity index (χ2n) is 6.53. The molecule has 1 heterocycles. The van der Waals surface area contributed by atoms with E-state index < -0.39 is 0 Å². The molecule has 0 radical (unpaired) electrons. The van der Waals surface area contributed by atoms with Crippen LogP contribution in [0.3, 0.4) is 0 Å². The highest BCUT2D eigenvalue weighted by atomic mass is 16.2. The molecule has 2 rings (SSSR count). The van der Waals surface area contributed by atoms with Crippen molar-refractivity contribution in [3.63, 3.8) is 0 Å². The average Bonchev–Trinajstić information content (AvgIpc) is 2.42. The molecule has 21 heavy (non-hydrogen) atoms. The van der Waals surface area contributed by atoms with E-state index in [4.69, 9.17) is 0 Å². The first-order chi connectivity index (χ1) is 9.88. The summed E-state index contributed by atoms with van der Waals surface area (Å²) < 4.78 is 0. The van der Waals surface area contributed by atoms with Crippen LogP contribution in [0.15, 0.2) is 30.3 Å². The minimum absolute atomic E-state index is 0.0363. The van der Waals surface area contributed by atoms with Crippen molar-refractivity contribution < 1.29 is 9.59 Å². The number of rotatable bonds is 5. The van der Waals surface area contributed by atoms with Crippen molar-refractivity contribution in [3.8, 4) is 0 Å². The first-order valence-corrected chi connectivity index (χ1v) is 7.54. The van der Waals surface area contributed by atoms with Gasteiger partial charge >= 0.3 is 0 Å². The Bertz CT molecular complexity index is 511. The van der Waals surface area contributed by atoms with Gasteiger partial charge < -0.3 is 5.32 Å². The molecule has 2 N–H and O–H groups in total. The number of imide groups is 1. The highest BCUT2D eigenvalue weighted by molar-refractivity contribution is 6.00. The van der Waals surface area contributed by atoms with Crippen LogP contribution in [-0.4, -0.2) is 23.9 Å². The summed E-state index contributed by atoms with van der Waals surface area (Å²) in [7, 11) is 0. The minimum atomic E-state index is -0.260. The first-order valence-electron chi connectivity index (χ1n) is 7.54. The molecule has 0 saturated carbocycles. The quantitative estimate of drug-likeness (QED) is 0.816. The third-order valence-electron chi connectivity index (χ3n) is 4.10. The van der Waals surface area contributed by atoms with Gasteiger partial charge in [0.05, 0.1) is 6.04 Å². The Balaban J connectivity index is 1.93. The van der Waals surface area contributed by atoms with Gasteiger partial charge in [-0.2, -0.15) is 0 Å². The van der Waals surface area contributed by atoms with Crippen molar-refractivity contribution in [2.24, 2.45) is 0 Å². The second-order valence-corrected chi connectivity index (χ2v) is 6.53. The molecule has 1 aliphatic rings. The van der Waals surface area contributed by atoms with Gasteiger partial charge in [-0.3, -0.25) is 14.9 Å². The van der Waals surface area contributed by atoms with Gasteiger partial charge in [0.1, 0.15) is 0 Å². The normalized spacial score (nSPS) is 21.0. The lowest BCUT2D eigenvalue weighted by Crippen LogP contribution is -2.53. The summed E-state index contributed by atoms with van der Waals surface area (Å²) in [6.07, 6.45) is 1.92. The monoisotopic (exact) mass is 288 g/mol. The van der Waals surface area contributed by atoms with Gasteiger partial charge in [-0.1, -0.05) is 44.2 Å². The molecule has 1 fully saturated rings.